The van der Waals surface area contributed by atoms with Gasteiger partial charge in [-0.05, 0) is 50.1 Å². The predicted molar refractivity (Wildman–Crippen MR) is 78.7 cm³/mol. The average molecular weight is 314 g/mol. The van der Waals surface area contributed by atoms with Crippen LogP contribution in [0.5, 0.6) is 0 Å². The minimum Gasteiger partial charge on any atom is -0.349 e. The van der Waals surface area contributed by atoms with Gasteiger partial charge in [-0.2, -0.15) is 13.2 Å². The first-order chi connectivity index (χ1) is 10.4. The number of hydrogen-bond acceptors (Lipinski definition) is 2. The fourth-order valence-electron chi connectivity index (χ4n) is 2.70. The van der Waals surface area contributed by atoms with Gasteiger partial charge in [0.1, 0.15) is 0 Å². The van der Waals surface area contributed by atoms with E-state index in [4.69, 9.17) is 0 Å². The van der Waals surface area contributed by atoms with Crippen molar-refractivity contribution in [2.24, 2.45) is 0 Å². The van der Waals surface area contributed by atoms with Crippen molar-refractivity contribution < 1.29 is 18.0 Å². The van der Waals surface area contributed by atoms with Gasteiger partial charge in [0, 0.05) is 24.7 Å². The van der Waals surface area contributed by atoms with Crippen LogP contribution >= 0.6 is 0 Å². The van der Waals surface area contributed by atoms with E-state index in [-0.39, 0.29) is 17.5 Å². The summed E-state index contributed by atoms with van der Waals surface area (Å²) in [5.74, 6) is -0.303. The molecule has 1 N–H and O–H groups in total. The lowest BCUT2D eigenvalue weighted by Crippen LogP contribution is -2.44. The molecule has 1 amide bonds. The summed E-state index contributed by atoms with van der Waals surface area (Å²) in [6.07, 6.45) is -1.50. The maximum atomic E-state index is 12.5. The van der Waals surface area contributed by atoms with E-state index < -0.39 is 11.7 Å². The van der Waals surface area contributed by atoms with Crippen LogP contribution in [0.25, 0.3) is 0 Å². The number of nitrogens with one attached hydrogen (secondary N) is 1. The highest BCUT2D eigenvalue weighted by molar-refractivity contribution is 5.94. The van der Waals surface area contributed by atoms with Crippen molar-refractivity contribution in [1.29, 1.82) is 0 Å². The normalized spacial score (nSPS) is 17.5. The summed E-state index contributed by atoms with van der Waals surface area (Å²) in [4.78, 5) is 14.4. The molecule has 1 fully saturated rings. The van der Waals surface area contributed by atoms with E-state index in [1.807, 2.05) is 0 Å². The molecule has 0 atom stereocenters. The van der Waals surface area contributed by atoms with Crippen LogP contribution in [0.15, 0.2) is 24.3 Å². The van der Waals surface area contributed by atoms with Crippen LogP contribution in [0.3, 0.4) is 0 Å². The maximum Gasteiger partial charge on any atom is 0.416 e. The number of piperidine rings is 1. The lowest BCUT2D eigenvalue weighted by atomic mass is 10.0. The minimum atomic E-state index is -4.37. The number of amides is 1. The summed E-state index contributed by atoms with van der Waals surface area (Å²) < 4.78 is 37.5. The van der Waals surface area contributed by atoms with Crippen LogP contribution in [0, 0.1) is 0 Å². The van der Waals surface area contributed by atoms with E-state index in [1.54, 1.807) is 0 Å². The molecule has 3 nitrogen and oxygen atoms in total. The molecule has 122 valence electrons. The number of halogens is 3. The molecule has 0 bridgehead atoms. The molecule has 0 aromatic heterocycles. The number of carbonyl (C=O) groups is 1. The largest absolute Gasteiger partial charge is 0.416 e. The lowest BCUT2D eigenvalue weighted by molar-refractivity contribution is -0.137. The molecule has 0 saturated carbocycles. The Labute approximate surface area is 128 Å². The van der Waals surface area contributed by atoms with Crippen LogP contribution in [0.1, 0.15) is 42.1 Å². The molecule has 0 spiro atoms. The molecule has 1 aliphatic rings. The Balaban J connectivity index is 1.88. The van der Waals surface area contributed by atoms with Crippen LogP contribution in [0.4, 0.5) is 13.2 Å². The first-order valence-corrected chi connectivity index (χ1v) is 7.60. The number of carbonyl (C=O) groups excluding carboxylic acids is 1. The molecule has 1 aromatic rings. The molecular weight excluding hydrogens is 293 g/mol. The summed E-state index contributed by atoms with van der Waals surface area (Å²) >= 11 is 0. The molecule has 0 aliphatic carbocycles. The first kappa shape index (κ1) is 16.8. The van der Waals surface area contributed by atoms with Crippen molar-refractivity contribution in [2.45, 2.75) is 38.4 Å². The molecule has 0 unspecified atom stereocenters. The van der Waals surface area contributed by atoms with Gasteiger partial charge in [-0.15, -0.1) is 0 Å². The third-order valence-electron chi connectivity index (χ3n) is 3.94. The molecule has 0 radical (unpaired) electrons. The quantitative estimate of drug-likeness (QED) is 0.925. The van der Waals surface area contributed by atoms with Crippen molar-refractivity contribution in [2.75, 3.05) is 19.6 Å². The fourth-order valence-corrected chi connectivity index (χ4v) is 2.70. The Morgan fingerprint density at radius 2 is 1.82 bits per heavy atom. The molecule has 1 aromatic carbocycles. The van der Waals surface area contributed by atoms with E-state index in [0.717, 1.165) is 51.0 Å². The second-order valence-corrected chi connectivity index (χ2v) is 5.66. The number of hydrogen-bond donors (Lipinski definition) is 1. The summed E-state index contributed by atoms with van der Waals surface area (Å²) in [5.41, 5.74) is -0.471. The van der Waals surface area contributed by atoms with Crippen LogP contribution in [-0.4, -0.2) is 36.5 Å². The summed E-state index contributed by atoms with van der Waals surface area (Å²) in [5, 5.41) is 2.91. The second kappa shape index (κ2) is 7.13. The topological polar surface area (TPSA) is 32.3 Å². The van der Waals surface area contributed by atoms with Crippen molar-refractivity contribution in [3.05, 3.63) is 35.4 Å². The molecule has 1 saturated heterocycles. The third-order valence-corrected chi connectivity index (χ3v) is 3.94. The van der Waals surface area contributed by atoms with Gasteiger partial charge >= 0.3 is 6.18 Å². The van der Waals surface area contributed by atoms with Gasteiger partial charge in [0.25, 0.3) is 5.91 Å². The van der Waals surface area contributed by atoms with Gasteiger partial charge in [-0.1, -0.05) is 6.92 Å². The molecule has 2 rings (SSSR count). The third kappa shape index (κ3) is 4.47. The zero-order chi connectivity index (χ0) is 16.2. The molecule has 6 heteroatoms. The highest BCUT2D eigenvalue weighted by atomic mass is 19.4. The zero-order valence-corrected chi connectivity index (χ0v) is 12.6. The Bertz CT molecular complexity index is 491. The Morgan fingerprint density at radius 1 is 1.23 bits per heavy atom. The maximum absolute atomic E-state index is 12.5. The Morgan fingerprint density at radius 3 is 2.32 bits per heavy atom. The van der Waals surface area contributed by atoms with Crippen LogP contribution in [-0.2, 0) is 6.18 Å². The molecule has 22 heavy (non-hydrogen) atoms. The summed E-state index contributed by atoms with van der Waals surface area (Å²) in [6, 6.07) is 4.44. The van der Waals surface area contributed by atoms with Gasteiger partial charge in [0.05, 0.1) is 5.56 Å². The van der Waals surface area contributed by atoms with Crippen LogP contribution < -0.4 is 5.32 Å². The Hall–Kier alpha value is -1.56. The average Bonchev–Trinajstić information content (AvgIpc) is 2.49. The standard InChI is InChI=1S/C16H21F3N2O/c1-2-9-21-10-7-14(8-11-21)20-15(22)12-3-5-13(6-4-12)16(17,18)19/h3-6,14H,2,7-11H2,1H3,(H,20,22). The first-order valence-electron chi connectivity index (χ1n) is 7.60. The van der Waals surface area contributed by atoms with Crippen molar-refractivity contribution in [1.82, 2.24) is 10.2 Å². The summed E-state index contributed by atoms with van der Waals surface area (Å²) in [7, 11) is 0. The van der Waals surface area contributed by atoms with Crippen LogP contribution in [0.2, 0.25) is 0 Å². The SMILES string of the molecule is CCCN1CCC(NC(=O)c2ccc(C(F)(F)F)cc2)CC1. The fraction of sp³-hybridized carbons (Fsp3) is 0.562. The van der Waals surface area contributed by atoms with E-state index in [9.17, 15) is 18.0 Å². The number of rotatable bonds is 4. The molecule has 1 heterocycles. The smallest absolute Gasteiger partial charge is 0.349 e. The monoisotopic (exact) mass is 314 g/mol. The lowest BCUT2D eigenvalue weighted by Gasteiger charge is -2.32. The summed E-state index contributed by atoms with van der Waals surface area (Å²) in [6.45, 7) is 5.11. The van der Waals surface area contributed by atoms with E-state index in [2.05, 4.69) is 17.1 Å². The second-order valence-electron chi connectivity index (χ2n) is 5.66. The molecular formula is C16H21F3N2O. The van der Waals surface area contributed by atoms with Gasteiger partial charge in [0.15, 0.2) is 0 Å². The number of benzene rings is 1. The van der Waals surface area contributed by atoms with E-state index in [0.29, 0.717) is 0 Å². The minimum absolute atomic E-state index is 0.0999. The number of likely N-dealkylation sites (tertiary alicyclic amines) is 1. The highest BCUT2D eigenvalue weighted by Crippen LogP contribution is 2.29. The van der Waals surface area contributed by atoms with Crippen molar-refractivity contribution in [3.63, 3.8) is 0 Å². The van der Waals surface area contributed by atoms with Crippen molar-refractivity contribution >= 4 is 5.91 Å². The molecule has 1 aliphatic heterocycles. The van der Waals surface area contributed by atoms with E-state index in [1.165, 1.54) is 12.1 Å². The van der Waals surface area contributed by atoms with Gasteiger partial charge in [-0.3, -0.25) is 4.79 Å². The number of nitrogens with zero attached hydrogens (tertiary/aromatic N) is 1. The van der Waals surface area contributed by atoms with E-state index >= 15 is 0 Å². The van der Waals surface area contributed by atoms with Crippen molar-refractivity contribution in [3.8, 4) is 0 Å². The highest BCUT2D eigenvalue weighted by Gasteiger charge is 2.30. The number of alkyl halides is 3. The Kier molecular flexibility index (Phi) is 5.45. The van der Waals surface area contributed by atoms with Gasteiger partial charge in [-0.25, -0.2) is 0 Å². The zero-order valence-electron chi connectivity index (χ0n) is 12.6. The van der Waals surface area contributed by atoms with Gasteiger partial charge < -0.3 is 10.2 Å². The van der Waals surface area contributed by atoms with Gasteiger partial charge in [0.2, 0.25) is 0 Å². The predicted octanol–water partition coefficient (Wildman–Crippen LogP) is 3.31.